The molecule has 0 saturated heterocycles. The molecule has 2 aromatic rings. The second-order valence-electron chi connectivity index (χ2n) is 5.21. The lowest BCUT2D eigenvalue weighted by atomic mass is 10.2. The number of hydrogen-bond donors (Lipinski definition) is 0. The molecule has 5 nitrogen and oxygen atoms in total. The minimum absolute atomic E-state index is 0.0219. The van der Waals surface area contributed by atoms with E-state index in [4.69, 9.17) is 32.7 Å². The molecule has 0 saturated carbocycles. The average Bonchev–Trinajstić information content (AvgIpc) is 2.66. The van der Waals surface area contributed by atoms with Crippen LogP contribution in [0, 0.1) is 11.3 Å². The first-order valence-corrected chi connectivity index (χ1v) is 9.81. The van der Waals surface area contributed by atoms with E-state index in [2.05, 4.69) is 6.58 Å². The summed E-state index contributed by atoms with van der Waals surface area (Å²) >= 11 is 11.8. The van der Waals surface area contributed by atoms with Gasteiger partial charge in [-0.25, -0.2) is 8.42 Å². The maximum atomic E-state index is 12.8. The van der Waals surface area contributed by atoms with Crippen LogP contribution in [0.5, 0.6) is 11.5 Å². The zero-order valence-corrected chi connectivity index (χ0v) is 16.6. The van der Waals surface area contributed by atoms with Crippen LogP contribution in [0.1, 0.15) is 5.56 Å². The molecular weight excluding hydrogens is 409 g/mol. The molecule has 2 rings (SSSR count). The highest BCUT2D eigenvalue weighted by molar-refractivity contribution is 7.95. The standard InChI is InChI=1S/C19H15Cl2NO4S/c1-3-8-26-17-7-4-13(10-18(17)25-2)9-15(12-22)27(23,24)19-11-14(20)5-6-16(19)21/h3-7,9-11H,1,8H2,2H3/b15-9+. The van der Waals surface area contributed by atoms with E-state index in [9.17, 15) is 13.7 Å². The largest absolute Gasteiger partial charge is 0.493 e. The van der Waals surface area contributed by atoms with Crippen molar-refractivity contribution < 1.29 is 17.9 Å². The van der Waals surface area contributed by atoms with Gasteiger partial charge in [-0.05, 0) is 42.0 Å². The number of hydrogen-bond acceptors (Lipinski definition) is 5. The third-order valence-electron chi connectivity index (χ3n) is 3.42. The lowest BCUT2D eigenvalue weighted by Gasteiger charge is -2.10. The second kappa shape index (κ2) is 8.96. The number of nitrogens with zero attached hydrogens (tertiary/aromatic N) is 1. The highest BCUT2D eigenvalue weighted by atomic mass is 35.5. The zero-order valence-electron chi connectivity index (χ0n) is 14.3. The summed E-state index contributed by atoms with van der Waals surface area (Å²) in [5, 5.41) is 9.57. The SMILES string of the molecule is C=CCOc1ccc(/C=C(\C#N)S(=O)(=O)c2cc(Cl)ccc2Cl)cc1OC. The molecule has 8 heteroatoms. The third kappa shape index (κ3) is 4.83. The molecule has 0 bridgehead atoms. The zero-order chi connectivity index (χ0) is 20.0. The van der Waals surface area contributed by atoms with E-state index >= 15 is 0 Å². The fraction of sp³-hybridized carbons (Fsp3) is 0.105. The van der Waals surface area contributed by atoms with Crippen LogP contribution in [-0.2, 0) is 9.84 Å². The summed E-state index contributed by atoms with van der Waals surface area (Å²) in [4.78, 5) is -0.712. The molecule has 0 aliphatic rings. The van der Waals surface area contributed by atoms with Crippen molar-refractivity contribution in [1.29, 1.82) is 5.26 Å². The number of rotatable bonds is 7. The number of ether oxygens (including phenoxy) is 2. The Morgan fingerprint density at radius 2 is 1.96 bits per heavy atom. The van der Waals surface area contributed by atoms with Gasteiger partial charge in [0.1, 0.15) is 17.6 Å². The number of sulfone groups is 1. The quantitative estimate of drug-likeness (QED) is 0.467. The summed E-state index contributed by atoms with van der Waals surface area (Å²) in [6.07, 6.45) is 2.81. The maximum Gasteiger partial charge on any atom is 0.218 e. The molecule has 0 aromatic heterocycles. The predicted octanol–water partition coefficient (Wildman–Crippen LogP) is 4.91. The Bertz CT molecular complexity index is 1040. The Balaban J connectivity index is 2.51. The van der Waals surface area contributed by atoms with Crippen LogP contribution in [0.4, 0.5) is 0 Å². The van der Waals surface area contributed by atoms with Crippen molar-refractivity contribution in [3.8, 4) is 17.6 Å². The highest BCUT2D eigenvalue weighted by Gasteiger charge is 2.24. The maximum absolute atomic E-state index is 12.8. The second-order valence-corrected chi connectivity index (χ2v) is 7.94. The van der Waals surface area contributed by atoms with Crippen LogP contribution in [0.25, 0.3) is 6.08 Å². The number of methoxy groups -OCH3 is 1. The average molecular weight is 424 g/mol. The molecule has 27 heavy (non-hydrogen) atoms. The fourth-order valence-electron chi connectivity index (χ4n) is 2.16. The molecule has 0 aliphatic carbocycles. The molecule has 0 unspecified atom stereocenters. The molecule has 0 aliphatic heterocycles. The van der Waals surface area contributed by atoms with Gasteiger partial charge in [-0.2, -0.15) is 5.26 Å². The minimum Gasteiger partial charge on any atom is -0.493 e. The molecule has 0 N–H and O–H groups in total. The number of halogens is 2. The van der Waals surface area contributed by atoms with Gasteiger partial charge >= 0.3 is 0 Å². The summed E-state index contributed by atoms with van der Waals surface area (Å²) in [5.74, 6) is 0.856. The van der Waals surface area contributed by atoms with Crippen LogP contribution in [0.2, 0.25) is 10.0 Å². The Morgan fingerprint density at radius 3 is 2.59 bits per heavy atom. The van der Waals surface area contributed by atoms with Crippen LogP contribution in [0.15, 0.2) is 58.9 Å². The molecule has 0 heterocycles. The summed E-state index contributed by atoms with van der Waals surface area (Å²) in [6, 6.07) is 10.5. The Hall–Kier alpha value is -2.46. The van der Waals surface area contributed by atoms with Crippen molar-refractivity contribution in [2.75, 3.05) is 13.7 Å². The number of nitriles is 1. The topological polar surface area (TPSA) is 76.4 Å². The van der Waals surface area contributed by atoms with Crippen LogP contribution in [0.3, 0.4) is 0 Å². The van der Waals surface area contributed by atoms with Crippen molar-refractivity contribution in [1.82, 2.24) is 0 Å². The third-order valence-corrected chi connectivity index (χ3v) is 5.81. The van der Waals surface area contributed by atoms with Crippen molar-refractivity contribution in [2.45, 2.75) is 4.90 Å². The molecule has 0 spiro atoms. The van der Waals surface area contributed by atoms with Gasteiger partial charge in [-0.15, -0.1) is 0 Å². The van der Waals surface area contributed by atoms with Crippen LogP contribution >= 0.6 is 23.2 Å². The van der Waals surface area contributed by atoms with Gasteiger partial charge in [0.25, 0.3) is 0 Å². The molecular formula is C19H15Cl2NO4S. The van der Waals surface area contributed by atoms with Gasteiger partial charge in [0.05, 0.1) is 17.0 Å². The van der Waals surface area contributed by atoms with Crippen molar-refractivity contribution in [3.05, 3.63) is 69.6 Å². The summed E-state index contributed by atoms with van der Waals surface area (Å²) in [7, 11) is -2.69. The highest BCUT2D eigenvalue weighted by Crippen LogP contribution is 2.32. The minimum atomic E-state index is -4.15. The summed E-state index contributed by atoms with van der Waals surface area (Å²) < 4.78 is 36.3. The summed E-state index contributed by atoms with van der Waals surface area (Å²) in [5.41, 5.74) is 0.441. The monoisotopic (exact) mass is 423 g/mol. The molecule has 140 valence electrons. The van der Waals surface area contributed by atoms with Crippen molar-refractivity contribution >= 4 is 39.1 Å². The predicted molar refractivity (Wildman–Crippen MR) is 106 cm³/mol. The van der Waals surface area contributed by atoms with Gasteiger partial charge in [-0.1, -0.05) is 41.9 Å². The van der Waals surface area contributed by atoms with E-state index in [0.29, 0.717) is 17.1 Å². The first-order chi connectivity index (χ1) is 12.8. The smallest absolute Gasteiger partial charge is 0.218 e. The Kier molecular flexibility index (Phi) is 6.92. The van der Waals surface area contributed by atoms with E-state index in [-0.39, 0.29) is 21.5 Å². The molecule has 0 amide bonds. The first kappa shape index (κ1) is 20.8. The van der Waals surface area contributed by atoms with Crippen LogP contribution in [-0.4, -0.2) is 22.1 Å². The Morgan fingerprint density at radius 1 is 1.22 bits per heavy atom. The van der Waals surface area contributed by atoms with E-state index in [1.54, 1.807) is 30.3 Å². The fourth-order valence-corrected chi connectivity index (χ4v) is 4.08. The van der Waals surface area contributed by atoms with Gasteiger partial charge in [0.15, 0.2) is 11.5 Å². The lowest BCUT2D eigenvalue weighted by Crippen LogP contribution is -2.04. The molecule has 0 radical (unpaired) electrons. The lowest BCUT2D eigenvalue weighted by molar-refractivity contribution is 0.326. The van der Waals surface area contributed by atoms with E-state index < -0.39 is 14.7 Å². The van der Waals surface area contributed by atoms with Gasteiger partial charge in [0.2, 0.25) is 9.84 Å². The first-order valence-electron chi connectivity index (χ1n) is 7.57. The van der Waals surface area contributed by atoms with E-state index in [1.807, 2.05) is 0 Å². The number of benzene rings is 2. The van der Waals surface area contributed by atoms with E-state index in [0.717, 1.165) is 0 Å². The normalized spacial score (nSPS) is 11.6. The molecule has 2 aromatic carbocycles. The van der Waals surface area contributed by atoms with Crippen molar-refractivity contribution in [3.63, 3.8) is 0 Å². The van der Waals surface area contributed by atoms with Crippen LogP contribution < -0.4 is 9.47 Å². The Labute approximate surface area is 168 Å². The van der Waals surface area contributed by atoms with E-state index in [1.165, 1.54) is 31.4 Å². The molecule has 0 atom stereocenters. The van der Waals surface area contributed by atoms with Gasteiger partial charge < -0.3 is 9.47 Å². The van der Waals surface area contributed by atoms with Crippen molar-refractivity contribution in [2.24, 2.45) is 0 Å². The molecule has 0 fully saturated rings. The van der Waals surface area contributed by atoms with Gasteiger partial charge in [0, 0.05) is 5.02 Å². The van der Waals surface area contributed by atoms with Gasteiger partial charge in [-0.3, -0.25) is 0 Å². The number of allylic oxidation sites excluding steroid dienone is 1. The summed E-state index contributed by atoms with van der Waals surface area (Å²) in [6.45, 7) is 3.86.